The van der Waals surface area contributed by atoms with Gasteiger partial charge in [0.1, 0.15) is 16.7 Å². The number of carbonyl (C=O) groups is 1. The number of fused-ring (bicyclic) bond motifs is 1. The first kappa shape index (κ1) is 25.5. The third-order valence-corrected chi connectivity index (χ3v) is 8.33. The van der Waals surface area contributed by atoms with E-state index in [1.165, 1.54) is 10.4 Å². The number of unbranched alkanes of at least 4 members (excludes halogenated alkanes) is 1. The van der Waals surface area contributed by atoms with E-state index in [0.717, 1.165) is 25.7 Å². The topological polar surface area (TPSA) is 87.2 Å². The van der Waals surface area contributed by atoms with Crippen molar-refractivity contribution in [1.29, 1.82) is 0 Å². The van der Waals surface area contributed by atoms with E-state index in [0.29, 0.717) is 24.4 Å². The first-order valence-electron chi connectivity index (χ1n) is 11.8. The van der Waals surface area contributed by atoms with Crippen molar-refractivity contribution in [3.63, 3.8) is 0 Å². The Morgan fingerprint density at radius 1 is 1.36 bits per heavy atom. The smallest absolute Gasteiger partial charge is 0.247 e. The van der Waals surface area contributed by atoms with Crippen LogP contribution in [-0.2, 0) is 14.8 Å². The summed E-state index contributed by atoms with van der Waals surface area (Å²) in [6, 6.07) is 4.32. The number of rotatable bonds is 7. The normalized spacial score (nSPS) is 23.2. The summed E-state index contributed by atoms with van der Waals surface area (Å²) in [5.41, 5.74) is 0.685. The number of aliphatic hydroxyl groups excluding tert-OH is 1. The van der Waals surface area contributed by atoms with Crippen molar-refractivity contribution in [1.82, 2.24) is 9.21 Å². The molecule has 7 nitrogen and oxygen atoms in total. The number of sulfonamides is 1. The summed E-state index contributed by atoms with van der Waals surface area (Å²) in [5, 5.41) is 9.75. The molecule has 1 saturated carbocycles. The molecule has 3 rings (SSSR count). The fourth-order valence-corrected chi connectivity index (χ4v) is 5.73. The number of hydrogen-bond donors (Lipinski definition) is 1. The van der Waals surface area contributed by atoms with E-state index < -0.39 is 22.2 Å². The van der Waals surface area contributed by atoms with Crippen molar-refractivity contribution in [2.75, 3.05) is 26.7 Å². The molecule has 1 aromatic carbocycles. The van der Waals surface area contributed by atoms with Crippen LogP contribution in [0.5, 0.6) is 5.75 Å². The lowest BCUT2D eigenvalue weighted by molar-refractivity contribution is -0.131. The number of aliphatic hydroxyl groups is 1. The van der Waals surface area contributed by atoms with Gasteiger partial charge in [0.05, 0.1) is 13.2 Å². The maximum Gasteiger partial charge on any atom is 0.247 e. The van der Waals surface area contributed by atoms with E-state index >= 15 is 0 Å². The molecule has 1 heterocycles. The summed E-state index contributed by atoms with van der Waals surface area (Å²) >= 11 is 0. The molecule has 0 bridgehead atoms. The van der Waals surface area contributed by atoms with Gasteiger partial charge in [-0.2, -0.15) is 4.31 Å². The Morgan fingerprint density at radius 2 is 2.09 bits per heavy atom. The van der Waals surface area contributed by atoms with Crippen LogP contribution in [0.15, 0.2) is 23.1 Å². The fourth-order valence-electron chi connectivity index (χ4n) is 3.91. The van der Waals surface area contributed by atoms with Crippen molar-refractivity contribution in [3.8, 4) is 17.6 Å². The molecule has 182 valence electrons. The van der Waals surface area contributed by atoms with Crippen LogP contribution in [-0.4, -0.2) is 67.5 Å². The van der Waals surface area contributed by atoms with Crippen molar-refractivity contribution in [3.05, 3.63) is 23.8 Å². The Balaban J connectivity index is 1.97. The van der Waals surface area contributed by atoms with Crippen LogP contribution >= 0.6 is 0 Å². The van der Waals surface area contributed by atoms with Gasteiger partial charge in [-0.1, -0.05) is 25.7 Å². The molecule has 1 aromatic rings. The molecule has 1 aliphatic heterocycles. The van der Waals surface area contributed by atoms with Gasteiger partial charge in [0.15, 0.2) is 0 Å². The zero-order chi connectivity index (χ0) is 24.2. The molecule has 3 atom stereocenters. The number of hydrogen-bond acceptors (Lipinski definition) is 5. The number of likely N-dealkylation sites (N-methyl/N-ethyl adjacent to an activating group) is 1. The zero-order valence-electron chi connectivity index (χ0n) is 20.1. The van der Waals surface area contributed by atoms with Gasteiger partial charge in [-0.3, -0.25) is 4.79 Å². The largest absolute Gasteiger partial charge is 0.487 e. The molecule has 0 spiro atoms. The minimum Gasteiger partial charge on any atom is -0.487 e. The standard InChI is InChI=1S/C25H36N2O5S/c1-5-6-7-8-20-11-12-24-22(13-20)32-23(16-26(4)25(29)14-21-9-10-21)18(2)15-27(19(3)17-28)33(24,30)31/h11-13,18-19,21,23,28H,5-6,9-10,14-17H2,1-4H3/t18-,19+,23-/m1/s1. The molecule has 0 radical (unpaired) electrons. The maximum atomic E-state index is 13.5. The van der Waals surface area contributed by atoms with Crippen LogP contribution in [0, 0.1) is 23.7 Å². The number of nitrogens with zero attached hydrogens (tertiary/aromatic N) is 2. The summed E-state index contributed by atoms with van der Waals surface area (Å²) < 4.78 is 34.6. The highest BCUT2D eigenvalue weighted by Gasteiger charge is 2.38. The van der Waals surface area contributed by atoms with E-state index in [2.05, 4.69) is 18.8 Å². The zero-order valence-corrected chi connectivity index (χ0v) is 20.9. The van der Waals surface area contributed by atoms with E-state index in [-0.39, 0.29) is 35.6 Å². The monoisotopic (exact) mass is 476 g/mol. The maximum absolute atomic E-state index is 13.5. The second-order valence-corrected chi connectivity index (χ2v) is 11.2. The van der Waals surface area contributed by atoms with Crippen molar-refractivity contribution < 1.29 is 23.1 Å². The quantitative estimate of drug-likeness (QED) is 0.612. The van der Waals surface area contributed by atoms with Gasteiger partial charge in [0.2, 0.25) is 15.9 Å². The Bertz CT molecular complexity index is 1010. The molecule has 1 amide bonds. The second kappa shape index (κ2) is 10.9. The van der Waals surface area contributed by atoms with Crippen LogP contribution in [0.4, 0.5) is 0 Å². The van der Waals surface area contributed by atoms with Crippen LogP contribution in [0.2, 0.25) is 0 Å². The predicted octanol–water partition coefficient (Wildman–Crippen LogP) is 2.87. The molecule has 0 saturated heterocycles. The first-order valence-corrected chi connectivity index (χ1v) is 13.3. The van der Waals surface area contributed by atoms with Gasteiger partial charge in [0, 0.05) is 44.0 Å². The average Bonchev–Trinajstić information content (AvgIpc) is 3.59. The van der Waals surface area contributed by atoms with Crippen LogP contribution in [0.3, 0.4) is 0 Å². The van der Waals surface area contributed by atoms with Crippen LogP contribution < -0.4 is 4.74 Å². The molecule has 8 heteroatoms. The SMILES string of the molecule is CCCC#Cc1ccc2c(c1)O[C@H](CN(C)C(=O)CC1CC1)[C@H](C)CN([C@@H](C)CO)S2(=O)=O. The summed E-state index contributed by atoms with van der Waals surface area (Å²) in [5.74, 6) is 6.78. The van der Waals surface area contributed by atoms with Gasteiger partial charge in [-0.15, -0.1) is 0 Å². The average molecular weight is 477 g/mol. The van der Waals surface area contributed by atoms with E-state index in [4.69, 9.17) is 4.74 Å². The van der Waals surface area contributed by atoms with E-state index in [1.54, 1.807) is 31.0 Å². The molecule has 1 N–H and O–H groups in total. The number of carbonyl (C=O) groups excluding carboxylic acids is 1. The molecular weight excluding hydrogens is 440 g/mol. The Labute approximate surface area is 198 Å². The molecule has 1 fully saturated rings. The van der Waals surface area contributed by atoms with Crippen molar-refractivity contribution in [2.24, 2.45) is 11.8 Å². The van der Waals surface area contributed by atoms with Crippen molar-refractivity contribution >= 4 is 15.9 Å². The van der Waals surface area contributed by atoms with Crippen LogP contribution in [0.1, 0.15) is 58.4 Å². The van der Waals surface area contributed by atoms with E-state index in [1.807, 2.05) is 6.92 Å². The van der Waals surface area contributed by atoms with E-state index in [9.17, 15) is 18.3 Å². The van der Waals surface area contributed by atoms with Gasteiger partial charge in [-0.25, -0.2) is 8.42 Å². The molecule has 1 aliphatic carbocycles. The summed E-state index contributed by atoms with van der Waals surface area (Å²) in [6.07, 6.45) is 4.06. The minimum atomic E-state index is -3.89. The lowest BCUT2D eigenvalue weighted by Crippen LogP contribution is -2.50. The van der Waals surface area contributed by atoms with Gasteiger partial charge in [-0.05, 0) is 50.3 Å². The molecule has 0 aromatic heterocycles. The summed E-state index contributed by atoms with van der Waals surface area (Å²) in [4.78, 5) is 14.4. The third-order valence-electron chi connectivity index (χ3n) is 6.31. The second-order valence-electron chi connectivity index (χ2n) is 9.37. The predicted molar refractivity (Wildman–Crippen MR) is 127 cm³/mol. The third kappa shape index (κ3) is 6.28. The highest BCUT2D eigenvalue weighted by molar-refractivity contribution is 7.89. The highest BCUT2D eigenvalue weighted by Crippen LogP contribution is 2.35. The molecular formula is C25H36N2O5S. The first-order chi connectivity index (χ1) is 15.7. The summed E-state index contributed by atoms with van der Waals surface area (Å²) in [6.45, 7) is 5.93. The lowest BCUT2D eigenvalue weighted by atomic mass is 10.0. The highest BCUT2D eigenvalue weighted by atomic mass is 32.2. The number of ether oxygens (including phenoxy) is 1. The minimum absolute atomic E-state index is 0.0627. The fraction of sp³-hybridized carbons (Fsp3) is 0.640. The van der Waals surface area contributed by atoms with Crippen LogP contribution in [0.25, 0.3) is 0 Å². The summed E-state index contributed by atoms with van der Waals surface area (Å²) in [7, 11) is -2.11. The Hall–Kier alpha value is -2.08. The Morgan fingerprint density at radius 3 is 2.73 bits per heavy atom. The number of amides is 1. The van der Waals surface area contributed by atoms with Gasteiger partial charge in [0.25, 0.3) is 0 Å². The van der Waals surface area contributed by atoms with Crippen molar-refractivity contribution in [2.45, 2.75) is 69.9 Å². The lowest BCUT2D eigenvalue weighted by Gasteiger charge is -2.37. The molecule has 33 heavy (non-hydrogen) atoms. The molecule has 2 aliphatic rings. The Kier molecular flexibility index (Phi) is 8.43. The van der Waals surface area contributed by atoms with Gasteiger partial charge >= 0.3 is 0 Å². The van der Waals surface area contributed by atoms with Gasteiger partial charge < -0.3 is 14.7 Å². The number of benzene rings is 1. The molecule has 0 unspecified atom stereocenters.